The number of nitrogens with zero attached hydrogens (tertiary/aromatic N) is 3. The van der Waals surface area contributed by atoms with Crippen LogP contribution < -0.4 is 26.8 Å². The van der Waals surface area contributed by atoms with E-state index in [0.717, 1.165) is 23.2 Å². The van der Waals surface area contributed by atoms with Crippen molar-refractivity contribution in [3.8, 4) is 11.5 Å². The average molecular weight is 494 g/mol. The molecule has 1 amide bonds. The summed E-state index contributed by atoms with van der Waals surface area (Å²) in [5.74, 6) is 1.16. The van der Waals surface area contributed by atoms with Crippen molar-refractivity contribution in [1.82, 2.24) is 9.88 Å². The van der Waals surface area contributed by atoms with Crippen LogP contribution >= 0.6 is 45.9 Å². The Bertz CT molecular complexity index is 997. The number of amides is 1. The molecule has 29 heavy (non-hydrogen) atoms. The molecular formula is C18H17Cl3N3O3S2-. The van der Waals surface area contributed by atoms with Gasteiger partial charge in [0, 0.05) is 18.7 Å². The lowest BCUT2D eigenvalue weighted by Gasteiger charge is -2.20. The Kier molecular flexibility index (Phi) is 7.14. The van der Waals surface area contributed by atoms with Crippen LogP contribution in [0.15, 0.2) is 18.2 Å². The number of hydrogen-bond acceptors (Lipinski definition) is 7. The number of carbonyl (C=O) groups is 1. The number of aromatic nitrogens is 1. The molecule has 0 aliphatic carbocycles. The van der Waals surface area contributed by atoms with Crippen LogP contribution in [-0.2, 0) is 0 Å². The van der Waals surface area contributed by atoms with Crippen LogP contribution in [0.4, 0.5) is 5.13 Å². The van der Waals surface area contributed by atoms with Gasteiger partial charge in [0.05, 0.1) is 20.1 Å². The first kappa shape index (κ1) is 22.4. The first-order valence-corrected chi connectivity index (χ1v) is 10.9. The van der Waals surface area contributed by atoms with E-state index in [1.54, 1.807) is 11.0 Å². The highest BCUT2D eigenvalue weighted by Crippen LogP contribution is 2.40. The highest BCUT2D eigenvalue weighted by Gasteiger charge is 2.25. The standard InChI is InChI=1S/C18H17Cl2N3O3S2.ClH/c1-22(2)4-3-5-23(17(24)10-6-15(19)28-16(10)20)18-21-11-7-12-13(26-9-25-12)8-14(11)27-18;/h6-8H,3-5,9H2,1-2H3;1H/p-1. The number of carbonyl (C=O) groups excluding carboxylic acids is 1. The Morgan fingerprint density at radius 2 is 1.86 bits per heavy atom. The SMILES string of the molecule is CN(C)CCCN(C(=O)c1cc(Cl)sc1Cl)c1nc2cc3c(cc2s1)OCO3.[Cl-]. The van der Waals surface area contributed by atoms with Crippen LogP contribution in [0.5, 0.6) is 11.5 Å². The van der Waals surface area contributed by atoms with Crippen LogP contribution in [0.2, 0.25) is 8.67 Å². The van der Waals surface area contributed by atoms with E-state index in [0.29, 0.717) is 37.4 Å². The Morgan fingerprint density at radius 3 is 2.52 bits per heavy atom. The molecule has 0 atom stereocenters. The van der Waals surface area contributed by atoms with Gasteiger partial charge in [-0.05, 0) is 33.1 Å². The second-order valence-electron chi connectivity index (χ2n) is 6.52. The first-order chi connectivity index (χ1) is 13.4. The van der Waals surface area contributed by atoms with Crippen LogP contribution in [0, 0.1) is 0 Å². The van der Waals surface area contributed by atoms with Gasteiger partial charge in [-0.2, -0.15) is 0 Å². The third kappa shape index (κ3) is 4.73. The van der Waals surface area contributed by atoms with Gasteiger partial charge < -0.3 is 26.8 Å². The summed E-state index contributed by atoms with van der Waals surface area (Å²) in [6.07, 6.45) is 0.798. The van der Waals surface area contributed by atoms with E-state index in [9.17, 15) is 4.79 Å². The molecule has 6 nitrogen and oxygen atoms in total. The maximum atomic E-state index is 13.2. The summed E-state index contributed by atoms with van der Waals surface area (Å²) in [6, 6.07) is 5.35. The molecule has 4 rings (SSSR count). The second-order valence-corrected chi connectivity index (χ2v) is 9.82. The third-order valence-electron chi connectivity index (χ3n) is 4.22. The van der Waals surface area contributed by atoms with Gasteiger partial charge in [-0.3, -0.25) is 9.69 Å². The predicted octanol–water partition coefficient (Wildman–Crippen LogP) is 2.00. The van der Waals surface area contributed by atoms with Crippen molar-refractivity contribution in [2.75, 3.05) is 38.9 Å². The van der Waals surface area contributed by atoms with Gasteiger partial charge in [0.15, 0.2) is 16.6 Å². The minimum Gasteiger partial charge on any atom is -1.00 e. The maximum absolute atomic E-state index is 13.2. The molecule has 1 aliphatic heterocycles. The molecule has 3 aromatic rings. The fourth-order valence-corrected chi connectivity index (χ4v) is 5.33. The van der Waals surface area contributed by atoms with Gasteiger partial charge in [-0.15, -0.1) is 11.3 Å². The Balaban J connectivity index is 0.00000240. The molecule has 156 valence electrons. The first-order valence-electron chi connectivity index (χ1n) is 8.54. The van der Waals surface area contributed by atoms with E-state index >= 15 is 0 Å². The van der Waals surface area contributed by atoms with Crippen molar-refractivity contribution in [1.29, 1.82) is 0 Å². The van der Waals surface area contributed by atoms with Gasteiger partial charge in [0.25, 0.3) is 5.91 Å². The molecule has 0 N–H and O–H groups in total. The lowest BCUT2D eigenvalue weighted by atomic mass is 10.2. The van der Waals surface area contributed by atoms with Crippen molar-refractivity contribution < 1.29 is 26.7 Å². The van der Waals surface area contributed by atoms with E-state index in [-0.39, 0.29) is 25.1 Å². The van der Waals surface area contributed by atoms with E-state index in [1.807, 2.05) is 26.2 Å². The maximum Gasteiger partial charge on any atom is 0.262 e. The van der Waals surface area contributed by atoms with Crippen LogP contribution in [-0.4, -0.2) is 49.8 Å². The molecule has 0 saturated carbocycles. The topological polar surface area (TPSA) is 54.9 Å². The van der Waals surface area contributed by atoms with E-state index in [1.165, 1.54) is 22.7 Å². The summed E-state index contributed by atoms with van der Waals surface area (Å²) in [6.45, 7) is 1.59. The van der Waals surface area contributed by atoms with Crippen molar-refractivity contribution in [3.05, 3.63) is 32.4 Å². The van der Waals surface area contributed by atoms with E-state index < -0.39 is 0 Å². The van der Waals surface area contributed by atoms with Crippen LogP contribution in [0.25, 0.3) is 10.2 Å². The van der Waals surface area contributed by atoms with Gasteiger partial charge >= 0.3 is 0 Å². The molecular weight excluding hydrogens is 477 g/mol. The summed E-state index contributed by atoms with van der Waals surface area (Å²) in [5, 5.41) is 0.612. The zero-order chi connectivity index (χ0) is 19.8. The molecule has 0 bridgehead atoms. The number of benzene rings is 1. The summed E-state index contributed by atoms with van der Waals surface area (Å²) < 4.78 is 12.7. The molecule has 3 heterocycles. The van der Waals surface area contributed by atoms with E-state index in [2.05, 4.69) is 9.88 Å². The highest BCUT2D eigenvalue weighted by atomic mass is 35.5. The van der Waals surface area contributed by atoms with Crippen molar-refractivity contribution in [2.24, 2.45) is 0 Å². The molecule has 1 aromatic carbocycles. The molecule has 0 unspecified atom stereocenters. The largest absolute Gasteiger partial charge is 1.00 e. The second kappa shape index (κ2) is 9.24. The van der Waals surface area contributed by atoms with Crippen LogP contribution in [0.3, 0.4) is 0 Å². The lowest BCUT2D eigenvalue weighted by Crippen LogP contribution is -3.00. The number of thiazole rings is 1. The number of rotatable bonds is 6. The summed E-state index contributed by atoms with van der Waals surface area (Å²) >= 11 is 14.9. The van der Waals surface area contributed by atoms with Gasteiger partial charge in [0.1, 0.15) is 4.34 Å². The number of fused-ring (bicyclic) bond motifs is 2. The summed E-state index contributed by atoms with van der Waals surface area (Å²) in [7, 11) is 4.00. The van der Waals surface area contributed by atoms with Gasteiger partial charge in [-0.1, -0.05) is 34.5 Å². The fourth-order valence-electron chi connectivity index (χ4n) is 2.88. The third-order valence-corrected chi connectivity index (χ3v) is 6.75. The number of hydrogen-bond donors (Lipinski definition) is 0. The summed E-state index contributed by atoms with van der Waals surface area (Å²) in [5.41, 5.74) is 1.17. The Labute approximate surface area is 192 Å². The molecule has 0 spiro atoms. The van der Waals surface area contributed by atoms with Gasteiger partial charge in [-0.25, -0.2) is 4.98 Å². The smallest absolute Gasteiger partial charge is 0.262 e. The minimum atomic E-state index is -0.203. The van der Waals surface area contributed by atoms with Crippen molar-refractivity contribution in [3.63, 3.8) is 0 Å². The Hall–Kier alpha value is -1.29. The summed E-state index contributed by atoms with van der Waals surface area (Å²) in [4.78, 5) is 21.6. The minimum absolute atomic E-state index is 0. The molecule has 2 aromatic heterocycles. The fraction of sp³-hybridized carbons (Fsp3) is 0.333. The quantitative estimate of drug-likeness (QED) is 0.526. The molecule has 0 radical (unpaired) electrons. The molecule has 0 fully saturated rings. The average Bonchev–Trinajstić information content (AvgIpc) is 3.33. The lowest BCUT2D eigenvalue weighted by molar-refractivity contribution is -0.0000146. The van der Waals surface area contributed by atoms with Crippen LogP contribution in [0.1, 0.15) is 16.8 Å². The zero-order valence-corrected chi connectivity index (χ0v) is 19.5. The highest BCUT2D eigenvalue weighted by molar-refractivity contribution is 7.22. The van der Waals surface area contributed by atoms with Crippen molar-refractivity contribution >= 4 is 67.1 Å². The number of ether oxygens (including phenoxy) is 2. The van der Waals surface area contributed by atoms with Crippen molar-refractivity contribution in [2.45, 2.75) is 6.42 Å². The molecule has 0 saturated heterocycles. The monoisotopic (exact) mass is 492 g/mol. The number of thiophene rings is 1. The number of anilines is 1. The molecule has 11 heteroatoms. The number of halogens is 3. The Morgan fingerprint density at radius 1 is 1.14 bits per heavy atom. The van der Waals surface area contributed by atoms with E-state index in [4.69, 9.17) is 32.7 Å². The molecule has 1 aliphatic rings. The predicted molar refractivity (Wildman–Crippen MR) is 115 cm³/mol. The van der Waals surface area contributed by atoms with Gasteiger partial charge in [0.2, 0.25) is 6.79 Å². The normalized spacial score (nSPS) is 12.4. The zero-order valence-electron chi connectivity index (χ0n) is 15.6.